The molecule has 0 aliphatic rings. The third kappa shape index (κ3) is 3.73. The molecule has 0 radical (unpaired) electrons. The molecule has 2 rings (SSSR count). The van der Waals surface area contributed by atoms with Crippen LogP contribution in [0.15, 0.2) is 45.3 Å². The maximum atomic E-state index is 10.4. The van der Waals surface area contributed by atoms with Crippen LogP contribution in [0.3, 0.4) is 0 Å². The molecule has 2 aromatic rings. The van der Waals surface area contributed by atoms with Gasteiger partial charge < -0.3 is 5.11 Å². The largest absolute Gasteiger partial charge is 0.388 e. The van der Waals surface area contributed by atoms with Crippen LogP contribution in [0.2, 0.25) is 10.0 Å². The Bertz CT molecular complexity index is 582. The monoisotopic (exact) mass is 422 g/mol. The summed E-state index contributed by atoms with van der Waals surface area (Å²) < 4.78 is 1.77. The van der Waals surface area contributed by atoms with Gasteiger partial charge in [0.1, 0.15) is 0 Å². The molecule has 100 valence electrons. The molecule has 5 heteroatoms. The van der Waals surface area contributed by atoms with Gasteiger partial charge in [-0.15, -0.1) is 0 Å². The predicted molar refractivity (Wildman–Crippen MR) is 87.0 cm³/mol. The number of aliphatic hydroxyl groups is 1. The first kappa shape index (κ1) is 15.3. The molecule has 0 fully saturated rings. The Hall–Kier alpha value is -0.0600. The summed E-state index contributed by atoms with van der Waals surface area (Å²) in [7, 11) is 0. The van der Waals surface area contributed by atoms with Gasteiger partial charge in [0, 0.05) is 25.4 Å². The summed E-state index contributed by atoms with van der Waals surface area (Å²) in [6.45, 7) is 0. The average Bonchev–Trinajstić information content (AvgIpc) is 2.37. The predicted octanol–water partition coefficient (Wildman–Crippen LogP) is 5.79. The standard InChI is InChI=1S/C14H10Br2Cl2O/c15-8-4-5-11(16)9(6-8)14(19)7-10-12(17)2-1-3-13(10)18/h1-6,14,19H,7H2. The topological polar surface area (TPSA) is 20.2 Å². The van der Waals surface area contributed by atoms with E-state index in [0.717, 1.165) is 20.1 Å². The summed E-state index contributed by atoms with van der Waals surface area (Å²) in [5.41, 5.74) is 1.55. The number of halogens is 4. The molecule has 1 N–H and O–H groups in total. The maximum absolute atomic E-state index is 10.4. The quantitative estimate of drug-likeness (QED) is 0.660. The van der Waals surface area contributed by atoms with Gasteiger partial charge in [-0.1, -0.05) is 61.1 Å². The Morgan fingerprint density at radius 3 is 2.32 bits per heavy atom. The number of benzene rings is 2. The highest BCUT2D eigenvalue weighted by atomic mass is 79.9. The van der Waals surface area contributed by atoms with E-state index in [9.17, 15) is 5.11 Å². The Morgan fingerprint density at radius 2 is 1.68 bits per heavy atom. The molecule has 0 heterocycles. The van der Waals surface area contributed by atoms with E-state index in [1.807, 2.05) is 18.2 Å². The third-order valence-corrected chi connectivity index (χ3v) is 4.70. The van der Waals surface area contributed by atoms with Crippen LogP contribution in [0.4, 0.5) is 0 Å². The summed E-state index contributed by atoms with van der Waals surface area (Å²) in [4.78, 5) is 0. The third-order valence-electron chi connectivity index (χ3n) is 2.78. The van der Waals surface area contributed by atoms with Gasteiger partial charge in [-0.05, 0) is 41.5 Å². The van der Waals surface area contributed by atoms with Crippen LogP contribution in [-0.2, 0) is 6.42 Å². The molecule has 0 amide bonds. The molecule has 0 bridgehead atoms. The molecule has 0 aliphatic carbocycles. The Labute approximate surface area is 138 Å². The normalized spacial score (nSPS) is 12.5. The molecule has 19 heavy (non-hydrogen) atoms. The summed E-state index contributed by atoms with van der Waals surface area (Å²) in [6.07, 6.45) is -0.308. The molecule has 2 aromatic carbocycles. The highest BCUT2D eigenvalue weighted by Crippen LogP contribution is 2.33. The molecule has 0 aliphatic heterocycles. The molecule has 1 unspecified atom stereocenters. The summed E-state index contributed by atoms with van der Waals surface area (Å²) in [6, 6.07) is 11.0. The van der Waals surface area contributed by atoms with Gasteiger partial charge in [-0.25, -0.2) is 0 Å². The zero-order valence-electron chi connectivity index (χ0n) is 9.71. The lowest BCUT2D eigenvalue weighted by Crippen LogP contribution is -2.04. The molecule has 0 saturated carbocycles. The summed E-state index contributed by atoms with van der Waals surface area (Å²) >= 11 is 19.1. The lowest BCUT2D eigenvalue weighted by atomic mass is 10.0. The maximum Gasteiger partial charge on any atom is 0.0842 e. The van der Waals surface area contributed by atoms with Crippen LogP contribution in [0.25, 0.3) is 0 Å². The van der Waals surface area contributed by atoms with E-state index in [1.54, 1.807) is 18.2 Å². The van der Waals surface area contributed by atoms with Crippen molar-refractivity contribution in [2.75, 3.05) is 0 Å². The Kier molecular flexibility index (Phi) is 5.32. The number of rotatable bonds is 3. The van der Waals surface area contributed by atoms with E-state index in [0.29, 0.717) is 16.5 Å². The zero-order chi connectivity index (χ0) is 14.0. The van der Waals surface area contributed by atoms with Crippen molar-refractivity contribution in [3.05, 3.63) is 66.5 Å². The minimum atomic E-state index is -0.677. The van der Waals surface area contributed by atoms with Crippen molar-refractivity contribution >= 4 is 55.1 Å². The van der Waals surface area contributed by atoms with Crippen molar-refractivity contribution in [3.63, 3.8) is 0 Å². The van der Waals surface area contributed by atoms with Crippen molar-refractivity contribution < 1.29 is 5.11 Å². The fourth-order valence-corrected chi connectivity index (χ4v) is 3.24. The van der Waals surface area contributed by atoms with Crippen LogP contribution in [-0.4, -0.2) is 5.11 Å². The molecule has 1 nitrogen and oxygen atoms in total. The van der Waals surface area contributed by atoms with Crippen LogP contribution >= 0.6 is 55.1 Å². The van der Waals surface area contributed by atoms with Crippen LogP contribution in [0, 0.1) is 0 Å². The highest BCUT2D eigenvalue weighted by Gasteiger charge is 2.16. The van der Waals surface area contributed by atoms with Gasteiger partial charge in [0.15, 0.2) is 0 Å². The molecule has 0 saturated heterocycles. The van der Waals surface area contributed by atoms with Gasteiger partial charge in [-0.2, -0.15) is 0 Å². The second-order valence-corrected chi connectivity index (χ2v) is 6.67. The number of hydrogen-bond donors (Lipinski definition) is 1. The van der Waals surface area contributed by atoms with Crippen molar-refractivity contribution in [1.82, 2.24) is 0 Å². The van der Waals surface area contributed by atoms with E-state index >= 15 is 0 Å². The molecule has 1 atom stereocenters. The summed E-state index contributed by atoms with van der Waals surface area (Å²) in [5.74, 6) is 0. The first-order valence-electron chi connectivity index (χ1n) is 5.55. The van der Waals surface area contributed by atoms with E-state index in [4.69, 9.17) is 23.2 Å². The van der Waals surface area contributed by atoms with Gasteiger partial charge in [0.2, 0.25) is 0 Å². The fourth-order valence-electron chi connectivity index (χ4n) is 1.80. The van der Waals surface area contributed by atoms with E-state index in [-0.39, 0.29) is 0 Å². The lowest BCUT2D eigenvalue weighted by Gasteiger charge is -2.15. The fraction of sp³-hybridized carbons (Fsp3) is 0.143. The second-order valence-electron chi connectivity index (χ2n) is 4.09. The van der Waals surface area contributed by atoms with E-state index in [1.165, 1.54) is 0 Å². The van der Waals surface area contributed by atoms with Crippen LogP contribution in [0.5, 0.6) is 0 Å². The highest BCUT2D eigenvalue weighted by molar-refractivity contribution is 9.11. The lowest BCUT2D eigenvalue weighted by molar-refractivity contribution is 0.177. The van der Waals surface area contributed by atoms with Gasteiger partial charge in [-0.3, -0.25) is 0 Å². The van der Waals surface area contributed by atoms with Crippen molar-refractivity contribution in [1.29, 1.82) is 0 Å². The Morgan fingerprint density at radius 1 is 1.05 bits per heavy atom. The first-order chi connectivity index (χ1) is 8.99. The van der Waals surface area contributed by atoms with E-state index in [2.05, 4.69) is 31.9 Å². The molecule has 0 spiro atoms. The van der Waals surface area contributed by atoms with Gasteiger partial charge >= 0.3 is 0 Å². The van der Waals surface area contributed by atoms with Crippen molar-refractivity contribution in [2.45, 2.75) is 12.5 Å². The SMILES string of the molecule is OC(Cc1c(Cl)cccc1Cl)c1cc(Br)ccc1Br. The molecular weight excluding hydrogens is 415 g/mol. The zero-order valence-corrected chi connectivity index (χ0v) is 14.4. The Balaban J connectivity index is 2.31. The molecular formula is C14H10Br2Cl2O. The minimum Gasteiger partial charge on any atom is -0.388 e. The molecule has 0 aromatic heterocycles. The van der Waals surface area contributed by atoms with Crippen LogP contribution in [0.1, 0.15) is 17.2 Å². The first-order valence-corrected chi connectivity index (χ1v) is 7.89. The van der Waals surface area contributed by atoms with Crippen molar-refractivity contribution in [3.8, 4) is 0 Å². The minimum absolute atomic E-state index is 0.369. The second kappa shape index (κ2) is 6.59. The van der Waals surface area contributed by atoms with E-state index < -0.39 is 6.10 Å². The average molecular weight is 425 g/mol. The smallest absolute Gasteiger partial charge is 0.0842 e. The number of hydrogen-bond acceptors (Lipinski definition) is 1. The van der Waals surface area contributed by atoms with Gasteiger partial charge in [0.25, 0.3) is 0 Å². The van der Waals surface area contributed by atoms with Crippen LogP contribution < -0.4 is 0 Å². The summed E-state index contributed by atoms with van der Waals surface area (Å²) in [5, 5.41) is 11.5. The number of aliphatic hydroxyl groups excluding tert-OH is 1. The van der Waals surface area contributed by atoms with Gasteiger partial charge in [0.05, 0.1) is 6.10 Å². The van der Waals surface area contributed by atoms with Crippen molar-refractivity contribution in [2.24, 2.45) is 0 Å².